The zero-order chi connectivity index (χ0) is 12.1. The van der Waals surface area contributed by atoms with Crippen molar-refractivity contribution in [3.63, 3.8) is 0 Å². The minimum atomic E-state index is -1.10. The Morgan fingerprint density at radius 2 is 2.31 bits per heavy atom. The van der Waals surface area contributed by atoms with Crippen molar-refractivity contribution in [3.8, 4) is 0 Å². The summed E-state index contributed by atoms with van der Waals surface area (Å²) in [5, 5.41) is 12.5. The molecule has 1 rings (SSSR count). The van der Waals surface area contributed by atoms with Gasteiger partial charge in [0, 0.05) is 6.07 Å². The molecule has 0 atom stereocenters. The van der Waals surface area contributed by atoms with E-state index in [2.05, 4.69) is 10.1 Å². The van der Waals surface area contributed by atoms with Crippen molar-refractivity contribution in [1.29, 1.82) is 0 Å². The molecule has 0 fully saturated rings. The van der Waals surface area contributed by atoms with Gasteiger partial charge in [0.2, 0.25) is 5.82 Å². The molecule has 0 aliphatic carbocycles. The third-order valence-electron chi connectivity index (χ3n) is 1.69. The minimum absolute atomic E-state index is 0.127. The van der Waals surface area contributed by atoms with Crippen LogP contribution < -0.4 is 5.32 Å². The standard InChI is InChI=1S/C9H9FN2O4/c1-2-16-9(13)11-6-4-3-5-7(8(6)10)12(14)15/h3-5H,2H2,1H3,(H,11,13). The van der Waals surface area contributed by atoms with Crippen molar-refractivity contribution in [2.75, 3.05) is 11.9 Å². The van der Waals surface area contributed by atoms with Crippen molar-refractivity contribution in [3.05, 3.63) is 34.1 Å². The monoisotopic (exact) mass is 228 g/mol. The Morgan fingerprint density at radius 1 is 1.62 bits per heavy atom. The zero-order valence-electron chi connectivity index (χ0n) is 8.40. The predicted molar refractivity (Wildman–Crippen MR) is 53.7 cm³/mol. The molecule has 0 radical (unpaired) electrons. The Morgan fingerprint density at radius 3 is 2.88 bits per heavy atom. The average molecular weight is 228 g/mol. The van der Waals surface area contributed by atoms with Gasteiger partial charge in [-0.2, -0.15) is 4.39 Å². The first-order valence-electron chi connectivity index (χ1n) is 4.43. The summed E-state index contributed by atoms with van der Waals surface area (Å²) >= 11 is 0. The number of hydrogen-bond donors (Lipinski definition) is 1. The Hall–Kier alpha value is -2.18. The lowest BCUT2D eigenvalue weighted by Gasteiger charge is -2.05. The van der Waals surface area contributed by atoms with Gasteiger partial charge in [0.05, 0.1) is 17.2 Å². The number of nitrogens with one attached hydrogen (secondary N) is 1. The van der Waals surface area contributed by atoms with Crippen LogP contribution in [0.15, 0.2) is 18.2 Å². The van der Waals surface area contributed by atoms with E-state index in [-0.39, 0.29) is 12.3 Å². The third kappa shape index (κ3) is 2.66. The highest BCUT2D eigenvalue weighted by molar-refractivity contribution is 5.85. The molecule has 1 amide bonds. The fraction of sp³-hybridized carbons (Fsp3) is 0.222. The maximum absolute atomic E-state index is 13.4. The molecule has 0 aliphatic rings. The van der Waals surface area contributed by atoms with Crippen LogP contribution in [0.2, 0.25) is 0 Å². The number of halogens is 1. The van der Waals surface area contributed by atoms with Crippen molar-refractivity contribution in [2.24, 2.45) is 0 Å². The molecule has 0 aliphatic heterocycles. The highest BCUT2D eigenvalue weighted by atomic mass is 19.1. The number of nitro benzene ring substituents is 1. The third-order valence-corrected chi connectivity index (χ3v) is 1.69. The summed E-state index contributed by atoms with van der Waals surface area (Å²) < 4.78 is 17.9. The van der Waals surface area contributed by atoms with Gasteiger partial charge in [0.25, 0.3) is 0 Å². The van der Waals surface area contributed by atoms with Gasteiger partial charge in [-0.25, -0.2) is 4.79 Å². The first kappa shape index (κ1) is 11.9. The average Bonchev–Trinajstić information content (AvgIpc) is 2.21. The fourth-order valence-electron chi connectivity index (χ4n) is 1.03. The second-order valence-electron chi connectivity index (χ2n) is 2.74. The zero-order valence-corrected chi connectivity index (χ0v) is 8.40. The van der Waals surface area contributed by atoms with Crippen molar-refractivity contribution in [1.82, 2.24) is 0 Å². The van der Waals surface area contributed by atoms with Gasteiger partial charge in [-0.3, -0.25) is 15.4 Å². The second-order valence-corrected chi connectivity index (χ2v) is 2.74. The van der Waals surface area contributed by atoms with E-state index in [1.54, 1.807) is 6.92 Å². The maximum Gasteiger partial charge on any atom is 0.411 e. The van der Waals surface area contributed by atoms with Crippen molar-refractivity contribution < 1.29 is 18.8 Å². The molecule has 0 spiro atoms. The molecule has 7 heteroatoms. The Kier molecular flexibility index (Phi) is 3.76. The second kappa shape index (κ2) is 5.06. The van der Waals surface area contributed by atoms with E-state index < -0.39 is 22.5 Å². The lowest BCUT2D eigenvalue weighted by atomic mass is 10.2. The summed E-state index contributed by atoms with van der Waals surface area (Å²) in [5.74, 6) is -1.10. The number of rotatable bonds is 3. The number of nitrogens with zero attached hydrogens (tertiary/aromatic N) is 1. The number of benzene rings is 1. The molecule has 16 heavy (non-hydrogen) atoms. The summed E-state index contributed by atoms with van der Waals surface area (Å²) in [6.45, 7) is 1.71. The number of amides is 1. The Balaban J connectivity index is 2.93. The molecule has 1 aromatic rings. The quantitative estimate of drug-likeness (QED) is 0.635. The molecule has 0 saturated heterocycles. The molecule has 6 nitrogen and oxygen atoms in total. The SMILES string of the molecule is CCOC(=O)Nc1cccc([N+](=O)[O-])c1F. The van der Waals surface area contributed by atoms with Gasteiger partial charge < -0.3 is 4.74 Å². The lowest BCUT2D eigenvalue weighted by Crippen LogP contribution is -2.14. The molecule has 0 heterocycles. The van der Waals surface area contributed by atoms with Crippen molar-refractivity contribution in [2.45, 2.75) is 6.92 Å². The van der Waals surface area contributed by atoms with Gasteiger partial charge in [0.15, 0.2) is 0 Å². The Bertz CT molecular complexity index is 422. The van der Waals surface area contributed by atoms with E-state index in [4.69, 9.17) is 0 Å². The summed E-state index contributed by atoms with van der Waals surface area (Å²) in [5.41, 5.74) is -0.984. The van der Waals surface area contributed by atoms with Crippen LogP contribution in [0.3, 0.4) is 0 Å². The summed E-state index contributed by atoms with van der Waals surface area (Å²) in [4.78, 5) is 20.5. The fourth-order valence-corrected chi connectivity index (χ4v) is 1.03. The molecular weight excluding hydrogens is 219 g/mol. The summed E-state index contributed by atoms with van der Waals surface area (Å²) in [6.07, 6.45) is -0.859. The van der Waals surface area contributed by atoms with Crippen LogP contribution in [-0.2, 0) is 4.74 Å². The number of nitro groups is 1. The van der Waals surface area contributed by atoms with E-state index in [1.807, 2.05) is 0 Å². The number of carbonyl (C=O) groups is 1. The first-order valence-corrected chi connectivity index (χ1v) is 4.43. The molecule has 1 aromatic carbocycles. The minimum Gasteiger partial charge on any atom is -0.450 e. The molecule has 86 valence electrons. The van der Waals surface area contributed by atoms with Gasteiger partial charge in [-0.15, -0.1) is 0 Å². The van der Waals surface area contributed by atoms with Crippen molar-refractivity contribution >= 4 is 17.5 Å². The van der Waals surface area contributed by atoms with Gasteiger partial charge in [-0.1, -0.05) is 6.07 Å². The number of carbonyl (C=O) groups excluding carboxylic acids is 1. The highest BCUT2D eigenvalue weighted by Gasteiger charge is 2.18. The highest BCUT2D eigenvalue weighted by Crippen LogP contribution is 2.23. The number of anilines is 1. The van der Waals surface area contributed by atoms with E-state index >= 15 is 0 Å². The van der Waals surface area contributed by atoms with Gasteiger partial charge >= 0.3 is 11.8 Å². The molecule has 0 unspecified atom stereocenters. The summed E-state index contributed by atoms with van der Waals surface area (Å²) in [6, 6.07) is 3.48. The first-order chi connectivity index (χ1) is 7.56. The number of hydrogen-bond acceptors (Lipinski definition) is 4. The lowest BCUT2D eigenvalue weighted by molar-refractivity contribution is -0.387. The van der Waals surface area contributed by atoms with Gasteiger partial charge in [0.1, 0.15) is 0 Å². The number of ether oxygens (including phenoxy) is 1. The predicted octanol–water partition coefficient (Wildman–Crippen LogP) is 2.30. The molecule has 0 bridgehead atoms. The summed E-state index contributed by atoms with van der Waals surface area (Å²) in [7, 11) is 0. The topological polar surface area (TPSA) is 81.5 Å². The largest absolute Gasteiger partial charge is 0.450 e. The van der Waals surface area contributed by atoms with E-state index in [1.165, 1.54) is 12.1 Å². The van der Waals surface area contributed by atoms with Crippen LogP contribution in [0.5, 0.6) is 0 Å². The molecule has 1 N–H and O–H groups in total. The molecule has 0 aromatic heterocycles. The smallest absolute Gasteiger partial charge is 0.411 e. The van der Waals surface area contributed by atoms with Crippen LogP contribution in [-0.4, -0.2) is 17.6 Å². The van der Waals surface area contributed by atoms with Crippen LogP contribution in [0, 0.1) is 15.9 Å². The Labute approximate surface area is 90.2 Å². The van der Waals surface area contributed by atoms with Crippen LogP contribution in [0.25, 0.3) is 0 Å². The van der Waals surface area contributed by atoms with E-state index in [9.17, 15) is 19.3 Å². The molecule has 0 saturated carbocycles. The normalized spacial score (nSPS) is 9.62. The van der Waals surface area contributed by atoms with E-state index in [0.717, 1.165) is 6.07 Å². The van der Waals surface area contributed by atoms with E-state index in [0.29, 0.717) is 0 Å². The van der Waals surface area contributed by atoms with Crippen LogP contribution >= 0.6 is 0 Å². The van der Waals surface area contributed by atoms with Crippen LogP contribution in [0.4, 0.5) is 20.6 Å². The van der Waals surface area contributed by atoms with Crippen LogP contribution in [0.1, 0.15) is 6.92 Å². The van der Waals surface area contributed by atoms with Gasteiger partial charge in [-0.05, 0) is 13.0 Å². The molecular formula is C9H9FN2O4. The maximum atomic E-state index is 13.4.